The van der Waals surface area contributed by atoms with Gasteiger partial charge < -0.3 is 30.3 Å². The summed E-state index contributed by atoms with van der Waals surface area (Å²) in [4.78, 5) is 28.4. The molecular weight excluding hydrogens is 427 g/mol. The highest BCUT2D eigenvalue weighted by atomic mass is 19.1. The molecule has 0 radical (unpaired) electrons. The van der Waals surface area contributed by atoms with Crippen molar-refractivity contribution in [3.63, 3.8) is 0 Å². The molecule has 2 aliphatic heterocycles. The fraction of sp³-hybridized carbons (Fsp3) is 0.417. The number of para-hydroxylation sites is 1. The maximum Gasteiger partial charge on any atom is 0.247 e. The van der Waals surface area contributed by atoms with Crippen LogP contribution < -0.4 is 20.3 Å². The molecule has 4 rings (SSSR count). The molecule has 2 amide bonds. The van der Waals surface area contributed by atoms with Crippen LogP contribution in [0.4, 0.5) is 15.8 Å². The van der Waals surface area contributed by atoms with Crippen LogP contribution in [-0.4, -0.2) is 66.4 Å². The predicted molar refractivity (Wildman–Crippen MR) is 123 cm³/mol. The molecule has 2 fully saturated rings. The number of carbonyl (C=O) groups is 2. The van der Waals surface area contributed by atoms with E-state index in [0.717, 1.165) is 5.69 Å². The highest BCUT2D eigenvalue weighted by molar-refractivity contribution is 5.93. The Hall–Kier alpha value is -3.17. The highest BCUT2D eigenvalue weighted by Crippen LogP contribution is 2.36. The van der Waals surface area contributed by atoms with E-state index < -0.39 is 17.5 Å². The van der Waals surface area contributed by atoms with E-state index in [1.165, 1.54) is 25.1 Å². The van der Waals surface area contributed by atoms with Gasteiger partial charge in [0.15, 0.2) is 0 Å². The van der Waals surface area contributed by atoms with Crippen molar-refractivity contribution < 1.29 is 23.8 Å². The Morgan fingerprint density at radius 3 is 2.67 bits per heavy atom. The topological polar surface area (TPSA) is 94.1 Å². The van der Waals surface area contributed by atoms with Crippen molar-refractivity contribution in [2.75, 3.05) is 43.1 Å². The number of hydrogen-bond acceptors (Lipinski definition) is 6. The molecule has 0 aromatic heterocycles. The first-order valence-electron chi connectivity index (χ1n) is 11.1. The zero-order valence-corrected chi connectivity index (χ0v) is 18.6. The van der Waals surface area contributed by atoms with E-state index in [-0.39, 0.29) is 24.1 Å². The SMILES string of the molecule is CC(=O)Nc1cc(F)ccc1OCC(O)CN1CCC2(CC1)C(=O)NCN2c1ccccc1. The zero-order valence-electron chi connectivity index (χ0n) is 18.6. The van der Waals surface area contributed by atoms with Gasteiger partial charge in [-0.1, -0.05) is 18.2 Å². The summed E-state index contributed by atoms with van der Waals surface area (Å²) in [7, 11) is 0. The molecule has 2 aromatic carbocycles. The predicted octanol–water partition coefficient (Wildman–Crippen LogP) is 1.95. The maximum atomic E-state index is 13.5. The van der Waals surface area contributed by atoms with Crippen LogP contribution in [0, 0.1) is 5.82 Å². The number of halogens is 1. The summed E-state index contributed by atoms with van der Waals surface area (Å²) in [5.74, 6) is -0.482. The number of likely N-dealkylation sites (tertiary alicyclic amines) is 1. The number of nitrogens with zero attached hydrogens (tertiary/aromatic N) is 2. The van der Waals surface area contributed by atoms with Gasteiger partial charge >= 0.3 is 0 Å². The minimum Gasteiger partial charge on any atom is -0.489 e. The van der Waals surface area contributed by atoms with Gasteiger partial charge in [0.25, 0.3) is 0 Å². The van der Waals surface area contributed by atoms with Gasteiger partial charge in [0.2, 0.25) is 11.8 Å². The van der Waals surface area contributed by atoms with Crippen LogP contribution in [0.15, 0.2) is 48.5 Å². The summed E-state index contributed by atoms with van der Waals surface area (Å²) in [6.45, 7) is 3.54. The van der Waals surface area contributed by atoms with Crippen LogP contribution in [-0.2, 0) is 9.59 Å². The Balaban J connectivity index is 1.32. The second-order valence-corrected chi connectivity index (χ2v) is 8.55. The number of β-amino-alcohol motifs (C(OH)–C–C–N with tert-alkyl or cyclic N) is 1. The molecular formula is C24H29FN4O4. The number of amides is 2. The Bertz CT molecular complexity index is 995. The molecule has 0 bridgehead atoms. The standard InChI is InChI=1S/C24H29FN4O4/c1-17(30)27-21-13-18(25)7-8-22(21)33-15-20(31)14-28-11-9-24(10-12-28)23(32)26-16-29(24)19-5-3-2-4-6-19/h2-8,13,20,31H,9-12,14-16H2,1H3,(H,26,32)(H,27,30). The Labute approximate surface area is 192 Å². The lowest BCUT2D eigenvalue weighted by atomic mass is 9.85. The third kappa shape index (κ3) is 5.09. The van der Waals surface area contributed by atoms with Gasteiger partial charge in [0.05, 0.1) is 12.4 Å². The van der Waals surface area contributed by atoms with Crippen LogP contribution in [0.1, 0.15) is 19.8 Å². The molecule has 2 aromatic rings. The molecule has 2 aliphatic rings. The van der Waals surface area contributed by atoms with Gasteiger partial charge in [-0.25, -0.2) is 4.39 Å². The average molecular weight is 457 g/mol. The van der Waals surface area contributed by atoms with Gasteiger partial charge in [0, 0.05) is 38.3 Å². The van der Waals surface area contributed by atoms with Crippen molar-refractivity contribution in [3.8, 4) is 5.75 Å². The number of carbonyl (C=O) groups excluding carboxylic acids is 2. The van der Waals surface area contributed by atoms with E-state index in [1.807, 2.05) is 30.3 Å². The summed E-state index contributed by atoms with van der Waals surface area (Å²) < 4.78 is 19.2. The summed E-state index contributed by atoms with van der Waals surface area (Å²) in [6.07, 6.45) is 0.537. The van der Waals surface area contributed by atoms with Crippen molar-refractivity contribution in [2.45, 2.75) is 31.4 Å². The third-order valence-corrected chi connectivity index (χ3v) is 6.24. The van der Waals surface area contributed by atoms with E-state index in [2.05, 4.69) is 20.4 Å². The fourth-order valence-corrected chi connectivity index (χ4v) is 4.59. The van der Waals surface area contributed by atoms with E-state index >= 15 is 0 Å². The number of hydrogen-bond donors (Lipinski definition) is 3. The van der Waals surface area contributed by atoms with Crippen molar-refractivity contribution in [3.05, 3.63) is 54.3 Å². The maximum absolute atomic E-state index is 13.5. The van der Waals surface area contributed by atoms with E-state index in [4.69, 9.17) is 4.74 Å². The number of rotatable bonds is 7. The van der Waals surface area contributed by atoms with Crippen molar-refractivity contribution in [2.24, 2.45) is 0 Å². The molecule has 176 valence electrons. The number of ether oxygens (including phenoxy) is 1. The lowest BCUT2D eigenvalue weighted by Crippen LogP contribution is -2.57. The summed E-state index contributed by atoms with van der Waals surface area (Å²) in [5, 5.41) is 16.0. The minimum absolute atomic E-state index is 0.00349. The van der Waals surface area contributed by atoms with E-state index in [9.17, 15) is 19.1 Å². The Morgan fingerprint density at radius 1 is 1.24 bits per heavy atom. The lowest BCUT2D eigenvalue weighted by Gasteiger charge is -2.43. The Morgan fingerprint density at radius 2 is 1.97 bits per heavy atom. The molecule has 1 spiro atoms. The molecule has 0 saturated carbocycles. The molecule has 9 heteroatoms. The number of aliphatic hydroxyl groups is 1. The third-order valence-electron chi connectivity index (χ3n) is 6.24. The van der Waals surface area contributed by atoms with Crippen molar-refractivity contribution in [1.29, 1.82) is 0 Å². The molecule has 8 nitrogen and oxygen atoms in total. The summed E-state index contributed by atoms with van der Waals surface area (Å²) in [6, 6.07) is 13.8. The molecule has 33 heavy (non-hydrogen) atoms. The van der Waals surface area contributed by atoms with Crippen LogP contribution in [0.3, 0.4) is 0 Å². The first-order chi connectivity index (χ1) is 15.9. The molecule has 1 atom stereocenters. The largest absolute Gasteiger partial charge is 0.489 e. The van der Waals surface area contributed by atoms with Gasteiger partial charge in [-0.2, -0.15) is 0 Å². The summed E-state index contributed by atoms with van der Waals surface area (Å²) in [5.41, 5.74) is 0.676. The number of aliphatic hydroxyl groups excluding tert-OH is 1. The van der Waals surface area contributed by atoms with Crippen LogP contribution in [0.25, 0.3) is 0 Å². The Kier molecular flexibility index (Phi) is 6.80. The van der Waals surface area contributed by atoms with Crippen molar-refractivity contribution in [1.82, 2.24) is 10.2 Å². The van der Waals surface area contributed by atoms with E-state index in [1.54, 1.807) is 0 Å². The molecule has 1 unspecified atom stereocenters. The van der Waals surface area contributed by atoms with Crippen LogP contribution in [0.2, 0.25) is 0 Å². The highest BCUT2D eigenvalue weighted by Gasteiger charge is 2.50. The van der Waals surface area contributed by atoms with Gasteiger partial charge in [-0.3, -0.25) is 9.59 Å². The smallest absolute Gasteiger partial charge is 0.247 e. The van der Waals surface area contributed by atoms with Gasteiger partial charge in [-0.15, -0.1) is 0 Å². The van der Waals surface area contributed by atoms with Gasteiger partial charge in [-0.05, 0) is 37.1 Å². The molecule has 0 aliphatic carbocycles. The number of anilines is 2. The number of benzene rings is 2. The molecule has 2 heterocycles. The second-order valence-electron chi connectivity index (χ2n) is 8.55. The fourth-order valence-electron chi connectivity index (χ4n) is 4.59. The number of piperidine rings is 1. The second kappa shape index (κ2) is 9.76. The minimum atomic E-state index is -0.781. The first-order valence-corrected chi connectivity index (χ1v) is 11.1. The zero-order chi connectivity index (χ0) is 23.4. The van der Waals surface area contributed by atoms with Gasteiger partial charge in [0.1, 0.15) is 29.8 Å². The van der Waals surface area contributed by atoms with Crippen LogP contribution >= 0.6 is 0 Å². The quantitative estimate of drug-likeness (QED) is 0.590. The molecule has 3 N–H and O–H groups in total. The monoisotopic (exact) mass is 456 g/mol. The normalized spacial score (nSPS) is 18.8. The van der Waals surface area contributed by atoms with Crippen LogP contribution in [0.5, 0.6) is 5.75 Å². The number of nitrogens with one attached hydrogen (secondary N) is 2. The molecule has 2 saturated heterocycles. The lowest BCUT2D eigenvalue weighted by molar-refractivity contribution is -0.125. The summed E-state index contributed by atoms with van der Waals surface area (Å²) >= 11 is 0. The first kappa shape index (κ1) is 23.0. The van der Waals surface area contributed by atoms with E-state index in [0.29, 0.717) is 44.9 Å². The average Bonchev–Trinajstić information content (AvgIpc) is 3.10. The van der Waals surface area contributed by atoms with Crippen molar-refractivity contribution >= 4 is 23.2 Å².